The minimum absolute atomic E-state index is 0. The van der Waals surface area contributed by atoms with Crippen LogP contribution < -0.4 is 11.5 Å². The Hall–Kier alpha value is -2.43. The number of allylic oxidation sites excluding steroid dienone is 2. The Bertz CT molecular complexity index is 782. The van der Waals surface area contributed by atoms with Crippen molar-refractivity contribution in [2.75, 3.05) is 0 Å². The monoisotopic (exact) mass is 340 g/mol. The minimum Gasteiger partial charge on any atom is -0.402 e. The molecule has 4 N–H and O–H groups in total. The van der Waals surface area contributed by atoms with Gasteiger partial charge in [-0.2, -0.15) is 10.2 Å². The van der Waals surface area contributed by atoms with Crippen LogP contribution in [0.3, 0.4) is 0 Å². The number of nitrogens with two attached hydrogens (primary N) is 2. The normalized spacial score (nSPS) is 20.7. The van der Waals surface area contributed by atoms with Gasteiger partial charge in [0.2, 0.25) is 0 Å². The molecule has 2 aromatic rings. The van der Waals surface area contributed by atoms with E-state index in [0.29, 0.717) is 6.42 Å². The molecule has 5 heteroatoms. The third-order valence-electron chi connectivity index (χ3n) is 3.98. The summed E-state index contributed by atoms with van der Waals surface area (Å²) in [7, 11) is 0. The highest BCUT2D eigenvalue weighted by Crippen LogP contribution is 2.37. The fourth-order valence-corrected chi connectivity index (χ4v) is 2.64. The molecule has 4 nitrogen and oxygen atoms in total. The molecule has 1 unspecified atom stereocenters. The Labute approximate surface area is 148 Å². The predicted molar refractivity (Wildman–Crippen MR) is 101 cm³/mol. The molecule has 1 atom stereocenters. The molecule has 2 aromatic carbocycles. The van der Waals surface area contributed by atoms with Gasteiger partial charge in [0.15, 0.2) is 5.66 Å². The number of benzene rings is 2. The molecular weight excluding hydrogens is 320 g/mol. The van der Waals surface area contributed by atoms with E-state index in [1.807, 2.05) is 73.7 Å². The molecule has 0 amide bonds. The lowest BCUT2D eigenvalue weighted by atomic mass is 9.84. The summed E-state index contributed by atoms with van der Waals surface area (Å²) < 4.78 is 0. The molecule has 0 aliphatic heterocycles. The fraction of sp³-hybridized carbons (Fsp3) is 0.158. The first-order chi connectivity index (χ1) is 11.1. The molecule has 1 aliphatic rings. The molecule has 0 spiro atoms. The Morgan fingerprint density at radius 3 is 2.17 bits per heavy atom. The summed E-state index contributed by atoms with van der Waals surface area (Å²) >= 11 is 0. The zero-order chi connectivity index (χ0) is 16.3. The fourth-order valence-electron chi connectivity index (χ4n) is 2.64. The van der Waals surface area contributed by atoms with Crippen LogP contribution in [-0.4, -0.2) is 5.66 Å². The zero-order valence-corrected chi connectivity index (χ0v) is 14.3. The highest BCUT2D eigenvalue weighted by molar-refractivity contribution is 5.85. The second-order valence-electron chi connectivity index (χ2n) is 5.77. The third-order valence-corrected chi connectivity index (χ3v) is 3.98. The summed E-state index contributed by atoms with van der Waals surface area (Å²) in [6.45, 7) is 1.99. The van der Waals surface area contributed by atoms with E-state index in [9.17, 15) is 0 Å². The van der Waals surface area contributed by atoms with E-state index in [1.165, 1.54) is 0 Å². The molecule has 0 fully saturated rings. The van der Waals surface area contributed by atoms with Gasteiger partial charge in [0.25, 0.3) is 0 Å². The van der Waals surface area contributed by atoms with Crippen molar-refractivity contribution in [3.05, 3.63) is 83.6 Å². The highest BCUT2D eigenvalue weighted by atomic mass is 35.5. The maximum atomic E-state index is 6.59. The summed E-state index contributed by atoms with van der Waals surface area (Å²) in [5.41, 5.74) is 16.3. The largest absolute Gasteiger partial charge is 0.402 e. The lowest BCUT2D eigenvalue weighted by Crippen LogP contribution is -2.42. The number of hydrogen-bond acceptors (Lipinski definition) is 4. The van der Waals surface area contributed by atoms with Gasteiger partial charge in [0.05, 0.1) is 5.69 Å². The predicted octanol–water partition coefficient (Wildman–Crippen LogP) is 4.57. The van der Waals surface area contributed by atoms with Crippen molar-refractivity contribution >= 4 is 23.7 Å². The van der Waals surface area contributed by atoms with Gasteiger partial charge in [-0.05, 0) is 36.3 Å². The van der Waals surface area contributed by atoms with Gasteiger partial charge in [-0.3, -0.25) is 0 Å². The molecule has 0 heterocycles. The molecular formula is C19H21ClN4. The molecule has 0 bridgehead atoms. The topological polar surface area (TPSA) is 76.8 Å². The number of rotatable bonds is 3. The lowest BCUT2D eigenvalue weighted by Gasteiger charge is -2.31. The molecule has 0 aromatic heterocycles. The Morgan fingerprint density at radius 1 is 0.958 bits per heavy atom. The minimum atomic E-state index is -0.958. The molecule has 0 saturated heterocycles. The van der Waals surface area contributed by atoms with Crippen LogP contribution in [-0.2, 0) is 0 Å². The quantitative estimate of drug-likeness (QED) is 0.803. The van der Waals surface area contributed by atoms with E-state index < -0.39 is 5.66 Å². The summed E-state index contributed by atoms with van der Waals surface area (Å²) in [6.07, 6.45) is 2.47. The van der Waals surface area contributed by atoms with Gasteiger partial charge in [-0.25, -0.2) is 0 Å². The van der Waals surface area contributed by atoms with Crippen LogP contribution in [0.1, 0.15) is 18.9 Å². The second kappa shape index (κ2) is 7.43. The maximum absolute atomic E-state index is 6.59. The van der Waals surface area contributed by atoms with Crippen molar-refractivity contribution in [1.29, 1.82) is 0 Å². The lowest BCUT2D eigenvalue weighted by molar-refractivity contribution is 0.531. The van der Waals surface area contributed by atoms with Crippen molar-refractivity contribution in [3.63, 3.8) is 0 Å². The van der Waals surface area contributed by atoms with Crippen molar-refractivity contribution < 1.29 is 0 Å². The van der Waals surface area contributed by atoms with Crippen LogP contribution in [0.2, 0.25) is 0 Å². The van der Waals surface area contributed by atoms with Gasteiger partial charge in [0, 0.05) is 17.7 Å². The Morgan fingerprint density at radius 2 is 1.54 bits per heavy atom. The molecule has 3 rings (SSSR count). The van der Waals surface area contributed by atoms with Crippen molar-refractivity contribution in [3.8, 4) is 0 Å². The average molecular weight is 341 g/mol. The van der Waals surface area contributed by atoms with Gasteiger partial charge in [-0.1, -0.05) is 48.5 Å². The molecule has 24 heavy (non-hydrogen) atoms. The van der Waals surface area contributed by atoms with Gasteiger partial charge >= 0.3 is 0 Å². The molecule has 0 radical (unpaired) electrons. The molecule has 0 saturated carbocycles. The first kappa shape index (κ1) is 17.9. The van der Waals surface area contributed by atoms with Crippen molar-refractivity contribution in [2.45, 2.75) is 19.0 Å². The van der Waals surface area contributed by atoms with Crippen LogP contribution in [0.15, 0.2) is 88.2 Å². The maximum Gasteiger partial charge on any atom is 0.161 e. The van der Waals surface area contributed by atoms with E-state index in [0.717, 1.165) is 28.1 Å². The summed E-state index contributed by atoms with van der Waals surface area (Å²) in [5.74, 6) is 0. The van der Waals surface area contributed by atoms with Crippen LogP contribution in [0.4, 0.5) is 5.69 Å². The van der Waals surface area contributed by atoms with Crippen LogP contribution in [0.25, 0.3) is 5.57 Å². The van der Waals surface area contributed by atoms with E-state index in [1.54, 1.807) is 0 Å². The first-order valence-electron chi connectivity index (χ1n) is 7.58. The number of hydrogen-bond donors (Lipinski definition) is 2. The van der Waals surface area contributed by atoms with Crippen molar-refractivity contribution in [2.24, 2.45) is 21.7 Å². The molecule has 1 aliphatic carbocycles. The van der Waals surface area contributed by atoms with Gasteiger partial charge in [0.1, 0.15) is 0 Å². The Balaban J connectivity index is 0.00000208. The third kappa shape index (κ3) is 3.72. The average Bonchev–Trinajstić information content (AvgIpc) is 2.58. The second-order valence-corrected chi connectivity index (χ2v) is 5.77. The van der Waals surface area contributed by atoms with Crippen molar-refractivity contribution in [1.82, 2.24) is 0 Å². The number of halogens is 1. The zero-order valence-electron chi connectivity index (χ0n) is 13.5. The number of nitrogens with zero attached hydrogens (tertiary/aromatic N) is 2. The van der Waals surface area contributed by atoms with E-state index in [4.69, 9.17) is 11.5 Å². The standard InChI is InChI=1S/C19H20N4.ClH/c1-14-12-17(15-8-4-2-5-9-15)19(21,13-18(14)20)23-22-16-10-6-3-7-11-16;/h2-12H,13,20-21H2,1H3;1H. The summed E-state index contributed by atoms with van der Waals surface area (Å²) in [5, 5.41) is 8.77. The van der Waals surface area contributed by atoms with E-state index in [-0.39, 0.29) is 12.4 Å². The van der Waals surface area contributed by atoms with Crippen LogP contribution in [0.5, 0.6) is 0 Å². The van der Waals surface area contributed by atoms with Gasteiger partial charge in [-0.15, -0.1) is 12.4 Å². The number of azo groups is 1. The van der Waals surface area contributed by atoms with Crippen LogP contribution in [0, 0.1) is 0 Å². The van der Waals surface area contributed by atoms with E-state index in [2.05, 4.69) is 10.2 Å². The van der Waals surface area contributed by atoms with Gasteiger partial charge < -0.3 is 11.5 Å². The SMILES string of the molecule is CC1=C(N)CC(N)(N=Nc2ccccc2)C(c2ccccc2)=C1.Cl. The summed E-state index contributed by atoms with van der Waals surface area (Å²) in [4.78, 5) is 0. The smallest absolute Gasteiger partial charge is 0.161 e. The summed E-state index contributed by atoms with van der Waals surface area (Å²) in [6, 6.07) is 19.6. The Kier molecular flexibility index (Phi) is 5.54. The van der Waals surface area contributed by atoms with E-state index >= 15 is 0 Å². The molecule has 124 valence electrons. The first-order valence-corrected chi connectivity index (χ1v) is 7.58. The highest BCUT2D eigenvalue weighted by Gasteiger charge is 2.34. The van der Waals surface area contributed by atoms with Crippen LogP contribution >= 0.6 is 12.4 Å².